The Bertz CT molecular complexity index is 656. The summed E-state index contributed by atoms with van der Waals surface area (Å²) in [6.07, 6.45) is 4.57. The van der Waals surface area contributed by atoms with Gasteiger partial charge in [0.25, 0.3) is 5.91 Å². The number of hydrogen-bond acceptors (Lipinski definition) is 3. The number of nitrogens with one attached hydrogen (secondary N) is 1. The standard InChI is InChI=1S/C16H17N3O3/c20-15(19-7-5-13(6-8-19)16(21)22)12-3-1-11(2-4-12)14-9-17-18-10-14/h1-4,9-10,13H,5-8H2,(H,17,18)(H,21,22). The second kappa shape index (κ2) is 6.01. The quantitative estimate of drug-likeness (QED) is 0.907. The number of carboxylic acid groups (broad SMARTS) is 1. The molecule has 3 rings (SSSR count). The van der Waals surface area contributed by atoms with Gasteiger partial charge in [0.1, 0.15) is 0 Å². The van der Waals surface area contributed by atoms with Crippen molar-refractivity contribution in [2.75, 3.05) is 13.1 Å². The lowest BCUT2D eigenvalue weighted by molar-refractivity contribution is -0.143. The maximum atomic E-state index is 12.4. The van der Waals surface area contributed by atoms with E-state index < -0.39 is 5.97 Å². The zero-order chi connectivity index (χ0) is 15.5. The molecule has 114 valence electrons. The van der Waals surface area contributed by atoms with Crippen LogP contribution in [0.15, 0.2) is 36.7 Å². The molecule has 0 aliphatic carbocycles. The molecule has 2 aromatic rings. The lowest BCUT2D eigenvalue weighted by Gasteiger charge is -2.30. The predicted octanol–water partition coefficient (Wildman–Crippen LogP) is 2.01. The van der Waals surface area contributed by atoms with Crippen LogP contribution in [0.1, 0.15) is 23.2 Å². The third kappa shape index (κ3) is 2.86. The van der Waals surface area contributed by atoms with Crippen molar-refractivity contribution < 1.29 is 14.7 Å². The Morgan fingerprint density at radius 1 is 1.14 bits per heavy atom. The lowest BCUT2D eigenvalue weighted by Crippen LogP contribution is -2.40. The Balaban J connectivity index is 1.67. The molecule has 6 nitrogen and oxygen atoms in total. The maximum Gasteiger partial charge on any atom is 0.306 e. The highest BCUT2D eigenvalue weighted by molar-refractivity contribution is 5.94. The molecule has 0 atom stereocenters. The number of nitrogens with zero attached hydrogens (tertiary/aromatic N) is 2. The number of aromatic amines is 1. The van der Waals surface area contributed by atoms with E-state index in [2.05, 4.69) is 10.2 Å². The number of carboxylic acids is 1. The third-order valence-electron chi connectivity index (χ3n) is 4.09. The fourth-order valence-electron chi connectivity index (χ4n) is 2.73. The monoisotopic (exact) mass is 299 g/mol. The van der Waals surface area contributed by atoms with Crippen molar-refractivity contribution in [2.45, 2.75) is 12.8 Å². The number of amides is 1. The summed E-state index contributed by atoms with van der Waals surface area (Å²) < 4.78 is 0. The summed E-state index contributed by atoms with van der Waals surface area (Å²) in [5.41, 5.74) is 2.59. The van der Waals surface area contributed by atoms with Crippen molar-refractivity contribution in [3.8, 4) is 11.1 Å². The number of aliphatic carboxylic acids is 1. The summed E-state index contributed by atoms with van der Waals surface area (Å²) in [5.74, 6) is -1.13. The Morgan fingerprint density at radius 3 is 2.36 bits per heavy atom. The van der Waals surface area contributed by atoms with Gasteiger partial charge in [-0.2, -0.15) is 5.10 Å². The summed E-state index contributed by atoms with van der Waals surface area (Å²) in [6, 6.07) is 7.38. The molecule has 6 heteroatoms. The molecular weight excluding hydrogens is 282 g/mol. The Labute approximate surface area is 127 Å². The van der Waals surface area contributed by atoms with E-state index in [-0.39, 0.29) is 11.8 Å². The Hall–Kier alpha value is -2.63. The summed E-state index contributed by atoms with van der Waals surface area (Å²) in [5, 5.41) is 15.7. The molecule has 0 radical (unpaired) electrons. The Morgan fingerprint density at radius 2 is 1.82 bits per heavy atom. The average molecular weight is 299 g/mol. The molecule has 0 unspecified atom stereocenters. The van der Waals surface area contributed by atoms with E-state index in [0.29, 0.717) is 31.5 Å². The fraction of sp³-hybridized carbons (Fsp3) is 0.312. The molecule has 1 fully saturated rings. The number of benzene rings is 1. The van der Waals surface area contributed by atoms with Crippen molar-refractivity contribution >= 4 is 11.9 Å². The smallest absolute Gasteiger partial charge is 0.306 e. The van der Waals surface area contributed by atoms with Gasteiger partial charge < -0.3 is 10.0 Å². The minimum atomic E-state index is -0.767. The molecular formula is C16H17N3O3. The lowest BCUT2D eigenvalue weighted by atomic mass is 9.96. The van der Waals surface area contributed by atoms with Crippen LogP contribution in [-0.4, -0.2) is 45.2 Å². The number of aromatic nitrogens is 2. The van der Waals surface area contributed by atoms with E-state index in [1.54, 1.807) is 29.4 Å². The summed E-state index contributed by atoms with van der Waals surface area (Å²) >= 11 is 0. The summed E-state index contributed by atoms with van der Waals surface area (Å²) in [7, 11) is 0. The predicted molar refractivity (Wildman–Crippen MR) is 80.3 cm³/mol. The van der Waals surface area contributed by atoms with Gasteiger partial charge in [-0.05, 0) is 30.5 Å². The molecule has 2 heterocycles. The number of carbonyl (C=O) groups is 2. The minimum absolute atomic E-state index is 0.0393. The van der Waals surface area contributed by atoms with Crippen LogP contribution in [0.3, 0.4) is 0 Å². The number of rotatable bonds is 3. The van der Waals surface area contributed by atoms with Gasteiger partial charge in [0, 0.05) is 30.4 Å². The average Bonchev–Trinajstić information content (AvgIpc) is 3.09. The molecule has 0 saturated carbocycles. The second-order valence-electron chi connectivity index (χ2n) is 5.47. The zero-order valence-corrected chi connectivity index (χ0v) is 12.0. The Kier molecular flexibility index (Phi) is 3.91. The van der Waals surface area contributed by atoms with Gasteiger partial charge in [0.15, 0.2) is 0 Å². The normalized spacial score (nSPS) is 15.7. The number of likely N-dealkylation sites (tertiary alicyclic amines) is 1. The molecule has 1 aromatic heterocycles. The highest BCUT2D eigenvalue weighted by Crippen LogP contribution is 2.21. The highest BCUT2D eigenvalue weighted by atomic mass is 16.4. The number of carbonyl (C=O) groups excluding carboxylic acids is 1. The number of H-pyrrole nitrogens is 1. The van der Waals surface area contributed by atoms with Crippen LogP contribution in [0.4, 0.5) is 0 Å². The van der Waals surface area contributed by atoms with E-state index in [9.17, 15) is 9.59 Å². The van der Waals surface area contributed by atoms with Gasteiger partial charge in [-0.1, -0.05) is 12.1 Å². The van der Waals surface area contributed by atoms with Gasteiger partial charge in [0.2, 0.25) is 0 Å². The third-order valence-corrected chi connectivity index (χ3v) is 4.09. The van der Waals surface area contributed by atoms with Crippen LogP contribution >= 0.6 is 0 Å². The maximum absolute atomic E-state index is 12.4. The summed E-state index contributed by atoms with van der Waals surface area (Å²) in [4.78, 5) is 25.1. The summed E-state index contributed by atoms with van der Waals surface area (Å²) in [6.45, 7) is 0.999. The molecule has 1 aromatic carbocycles. The van der Waals surface area contributed by atoms with Gasteiger partial charge >= 0.3 is 5.97 Å². The molecule has 1 saturated heterocycles. The topological polar surface area (TPSA) is 86.3 Å². The van der Waals surface area contributed by atoms with Crippen molar-refractivity contribution in [2.24, 2.45) is 5.92 Å². The second-order valence-corrected chi connectivity index (χ2v) is 5.47. The molecule has 0 spiro atoms. The zero-order valence-electron chi connectivity index (χ0n) is 12.0. The SMILES string of the molecule is O=C(O)C1CCN(C(=O)c2ccc(-c3cn[nH]c3)cc2)CC1. The van der Waals surface area contributed by atoms with E-state index in [4.69, 9.17) is 5.11 Å². The van der Waals surface area contributed by atoms with Gasteiger partial charge in [0.05, 0.1) is 12.1 Å². The van der Waals surface area contributed by atoms with Crippen LogP contribution in [0.2, 0.25) is 0 Å². The molecule has 22 heavy (non-hydrogen) atoms. The molecule has 1 aliphatic heterocycles. The molecule has 0 bridgehead atoms. The van der Waals surface area contributed by atoms with Crippen LogP contribution < -0.4 is 0 Å². The van der Waals surface area contributed by atoms with Gasteiger partial charge in [-0.3, -0.25) is 14.7 Å². The minimum Gasteiger partial charge on any atom is -0.481 e. The van der Waals surface area contributed by atoms with E-state index in [1.165, 1.54) is 0 Å². The van der Waals surface area contributed by atoms with Crippen LogP contribution in [0.5, 0.6) is 0 Å². The fourth-order valence-corrected chi connectivity index (χ4v) is 2.73. The first kappa shape index (κ1) is 14.3. The van der Waals surface area contributed by atoms with Gasteiger partial charge in [-0.15, -0.1) is 0 Å². The van der Waals surface area contributed by atoms with E-state index in [0.717, 1.165) is 11.1 Å². The van der Waals surface area contributed by atoms with Gasteiger partial charge in [-0.25, -0.2) is 0 Å². The van der Waals surface area contributed by atoms with Crippen LogP contribution in [0.25, 0.3) is 11.1 Å². The van der Waals surface area contributed by atoms with Crippen molar-refractivity contribution in [3.05, 3.63) is 42.2 Å². The molecule has 1 aliphatic rings. The number of hydrogen-bond donors (Lipinski definition) is 2. The van der Waals surface area contributed by atoms with Crippen molar-refractivity contribution in [1.82, 2.24) is 15.1 Å². The van der Waals surface area contributed by atoms with E-state index >= 15 is 0 Å². The molecule has 2 N–H and O–H groups in total. The van der Waals surface area contributed by atoms with Crippen molar-refractivity contribution in [3.63, 3.8) is 0 Å². The largest absolute Gasteiger partial charge is 0.481 e. The first-order valence-corrected chi connectivity index (χ1v) is 7.26. The van der Waals surface area contributed by atoms with Crippen LogP contribution in [-0.2, 0) is 4.79 Å². The highest BCUT2D eigenvalue weighted by Gasteiger charge is 2.27. The molecule has 1 amide bonds. The first-order chi connectivity index (χ1) is 10.6. The van der Waals surface area contributed by atoms with Crippen LogP contribution in [0, 0.1) is 5.92 Å². The van der Waals surface area contributed by atoms with E-state index in [1.807, 2.05) is 12.1 Å². The first-order valence-electron chi connectivity index (χ1n) is 7.26. The number of piperidine rings is 1. The van der Waals surface area contributed by atoms with Crippen molar-refractivity contribution in [1.29, 1.82) is 0 Å².